The number of benzene rings is 2. The Bertz CT molecular complexity index is 821. The number of fused-ring (bicyclic) bond motifs is 2. The van der Waals surface area contributed by atoms with Crippen LogP contribution in [0, 0.1) is 0 Å². The number of hydrogen-bond donors (Lipinski definition) is 0. The maximum Gasteiger partial charge on any atom is 0.673 e. The van der Waals surface area contributed by atoms with Gasteiger partial charge in [0.05, 0.1) is 88.2 Å². The average molecular weight is 526 g/mol. The second kappa shape index (κ2) is 13.5. The molecule has 3 rings (SSSR count). The summed E-state index contributed by atoms with van der Waals surface area (Å²) < 4.78 is 41.3. The lowest BCUT2D eigenvalue weighted by atomic mass is 10.1. The number of quaternary nitrogens is 2. The molecule has 0 N–H and O–H groups in total. The van der Waals surface area contributed by atoms with Gasteiger partial charge in [-0.05, 0) is 65.8 Å². The molecule has 0 saturated heterocycles. The molecule has 1 heterocycles. The van der Waals surface area contributed by atoms with E-state index in [1.54, 1.807) is 0 Å². The van der Waals surface area contributed by atoms with Crippen LogP contribution >= 0.6 is 0 Å². The van der Waals surface area contributed by atoms with Gasteiger partial charge < -0.3 is 36.0 Å². The summed E-state index contributed by atoms with van der Waals surface area (Å²) in [5.74, 6) is 0. The Balaban J connectivity index is 0.000000877. The topological polar surface area (TPSA) is 6.48 Å². The van der Waals surface area contributed by atoms with Crippen molar-refractivity contribution in [3.8, 4) is 0 Å². The summed E-state index contributed by atoms with van der Waals surface area (Å²) >= 11 is 0. The van der Waals surface area contributed by atoms with Crippen LogP contribution in [-0.4, -0.2) is 81.7 Å². The zero-order chi connectivity index (χ0) is 27.7. The largest absolute Gasteiger partial charge is 0.673 e. The number of nitrogens with zero attached hydrogens (tertiary/aromatic N) is 4. The van der Waals surface area contributed by atoms with E-state index in [1.165, 1.54) is 84.1 Å². The highest BCUT2D eigenvalue weighted by Crippen LogP contribution is 2.47. The van der Waals surface area contributed by atoms with E-state index in [4.69, 9.17) is 0 Å². The molecule has 4 nitrogen and oxygen atoms in total. The Morgan fingerprint density at radius 1 is 0.514 bits per heavy atom. The summed E-state index contributed by atoms with van der Waals surface area (Å²) in [5, 5.41) is 0. The Hall–Kier alpha value is -2.26. The van der Waals surface area contributed by atoms with Gasteiger partial charge in [0.15, 0.2) is 0 Å². The highest BCUT2D eigenvalue weighted by atomic mass is 19.5. The van der Waals surface area contributed by atoms with Crippen molar-refractivity contribution in [1.82, 2.24) is 0 Å². The molecule has 0 aromatic heterocycles. The van der Waals surface area contributed by atoms with E-state index in [9.17, 15) is 17.3 Å². The first-order valence-electron chi connectivity index (χ1n) is 13.8. The number of para-hydroxylation sites is 4. The molecule has 1 aliphatic rings. The van der Waals surface area contributed by atoms with Gasteiger partial charge in [0.1, 0.15) is 0 Å². The molecule has 0 fully saturated rings. The van der Waals surface area contributed by atoms with Crippen molar-refractivity contribution in [3.63, 3.8) is 0 Å². The third-order valence-electron chi connectivity index (χ3n) is 8.55. The first-order valence-corrected chi connectivity index (χ1v) is 13.8. The average Bonchev–Trinajstić information content (AvgIpc) is 2.90. The first-order chi connectivity index (χ1) is 17.5. The Morgan fingerprint density at radius 3 is 0.919 bits per heavy atom. The molecule has 37 heavy (non-hydrogen) atoms. The predicted molar refractivity (Wildman–Crippen MR) is 151 cm³/mol. The fraction of sp³-hybridized carbons (Fsp3) is 0.571. The SMILES string of the molecule is CC[N+](CC)(CC)CCN1c2ccccc2N(CC[N+](CC)(CC)CC)c2ccccc21.F[B-](F)(F)F. The van der Waals surface area contributed by atoms with Crippen LogP contribution in [0.25, 0.3) is 0 Å². The van der Waals surface area contributed by atoms with Crippen molar-refractivity contribution in [3.05, 3.63) is 48.5 Å². The zero-order valence-electron chi connectivity index (χ0n) is 23.6. The van der Waals surface area contributed by atoms with Crippen LogP contribution in [0.5, 0.6) is 0 Å². The van der Waals surface area contributed by atoms with Gasteiger partial charge in [-0.3, -0.25) is 0 Å². The second-order valence-electron chi connectivity index (χ2n) is 9.80. The van der Waals surface area contributed by atoms with Crippen molar-refractivity contribution < 1.29 is 26.2 Å². The summed E-state index contributed by atoms with van der Waals surface area (Å²) in [4.78, 5) is 5.16. The quantitative estimate of drug-likeness (QED) is 0.163. The summed E-state index contributed by atoms with van der Waals surface area (Å²) in [7, 11) is -6.00. The molecule has 0 bridgehead atoms. The summed E-state index contributed by atoms with van der Waals surface area (Å²) in [5.41, 5.74) is 5.43. The maximum absolute atomic E-state index is 9.75. The maximum atomic E-state index is 9.75. The molecule has 0 radical (unpaired) electrons. The smallest absolute Gasteiger partial charge is 0.418 e. The lowest BCUT2D eigenvalue weighted by Gasteiger charge is -2.44. The number of rotatable bonds is 12. The Kier molecular flexibility index (Phi) is 11.3. The molecule has 0 spiro atoms. The van der Waals surface area contributed by atoms with Gasteiger partial charge in [-0.2, -0.15) is 0 Å². The highest BCUT2D eigenvalue weighted by Gasteiger charge is 2.32. The molecular weight excluding hydrogens is 479 g/mol. The van der Waals surface area contributed by atoms with Crippen molar-refractivity contribution in [1.29, 1.82) is 0 Å². The molecule has 9 heteroatoms. The van der Waals surface area contributed by atoms with Gasteiger partial charge in [0.25, 0.3) is 0 Å². The molecule has 2 aromatic rings. The minimum atomic E-state index is -6.00. The Labute approximate surface area is 221 Å². The molecule has 1 aliphatic heterocycles. The number of anilines is 4. The fourth-order valence-corrected chi connectivity index (χ4v) is 5.50. The van der Waals surface area contributed by atoms with Gasteiger partial charge in [0.2, 0.25) is 0 Å². The van der Waals surface area contributed by atoms with Crippen LogP contribution in [-0.2, 0) is 0 Å². The van der Waals surface area contributed by atoms with Gasteiger partial charge in [-0.25, -0.2) is 0 Å². The van der Waals surface area contributed by atoms with Gasteiger partial charge in [-0.1, -0.05) is 24.3 Å². The molecular formula is C28H46BF4N4+. The number of likely N-dealkylation sites (N-methyl/N-ethyl adjacent to an activating group) is 2. The van der Waals surface area contributed by atoms with E-state index in [-0.39, 0.29) is 0 Å². The summed E-state index contributed by atoms with van der Waals surface area (Å²) in [6.45, 7) is 25.7. The second-order valence-corrected chi connectivity index (χ2v) is 9.80. The number of halogens is 4. The van der Waals surface area contributed by atoms with E-state index in [0.717, 1.165) is 13.1 Å². The van der Waals surface area contributed by atoms with E-state index in [1.807, 2.05) is 0 Å². The van der Waals surface area contributed by atoms with E-state index >= 15 is 0 Å². The summed E-state index contributed by atoms with van der Waals surface area (Å²) in [6.07, 6.45) is 0. The third-order valence-corrected chi connectivity index (χ3v) is 8.55. The first kappa shape index (κ1) is 31.0. The predicted octanol–water partition coefficient (Wildman–Crippen LogP) is 7.33. The molecule has 0 atom stereocenters. The van der Waals surface area contributed by atoms with Gasteiger partial charge in [-0.15, -0.1) is 0 Å². The van der Waals surface area contributed by atoms with E-state index in [2.05, 4.69) is 99.9 Å². The minimum absolute atomic E-state index is 1.05. The Morgan fingerprint density at radius 2 is 0.730 bits per heavy atom. The van der Waals surface area contributed by atoms with Crippen molar-refractivity contribution in [2.24, 2.45) is 0 Å². The van der Waals surface area contributed by atoms with E-state index in [0.29, 0.717) is 0 Å². The molecule has 2 aromatic carbocycles. The normalized spacial score (nSPS) is 13.6. The molecule has 0 unspecified atom stereocenters. The van der Waals surface area contributed by atoms with Gasteiger partial charge >= 0.3 is 7.25 Å². The van der Waals surface area contributed by atoms with Gasteiger partial charge in [0, 0.05) is 0 Å². The van der Waals surface area contributed by atoms with Crippen LogP contribution in [0.3, 0.4) is 0 Å². The van der Waals surface area contributed by atoms with Crippen LogP contribution in [0.15, 0.2) is 48.5 Å². The molecule has 0 saturated carbocycles. The van der Waals surface area contributed by atoms with Crippen LogP contribution in [0.1, 0.15) is 41.5 Å². The van der Waals surface area contributed by atoms with Crippen LogP contribution < -0.4 is 9.80 Å². The van der Waals surface area contributed by atoms with Crippen LogP contribution in [0.2, 0.25) is 0 Å². The van der Waals surface area contributed by atoms with E-state index < -0.39 is 7.25 Å². The monoisotopic (exact) mass is 525 g/mol. The lowest BCUT2D eigenvalue weighted by Crippen LogP contribution is -2.52. The van der Waals surface area contributed by atoms with Crippen molar-refractivity contribution in [2.45, 2.75) is 41.5 Å². The standard InChI is InChI=1S/C28H46N4.BF4/c1-7-31(8-2,9-3)23-21-29-25-17-13-15-19-27(25)30(28-20-16-14-18-26(28)29)22-24-32(10-4,11-5)12-6;2-1(3,4)5/h13-20H,7-12,21-24H2,1-6H3;/q+2;-1. The summed E-state index contributed by atoms with van der Waals surface area (Å²) in [6, 6.07) is 18.1. The van der Waals surface area contributed by atoms with Crippen molar-refractivity contribution in [2.75, 3.05) is 75.2 Å². The third kappa shape index (κ3) is 7.87. The number of hydrogen-bond acceptors (Lipinski definition) is 2. The highest BCUT2D eigenvalue weighted by molar-refractivity contribution is 6.50. The minimum Gasteiger partial charge on any atom is -0.418 e. The van der Waals surface area contributed by atoms with Crippen molar-refractivity contribution >= 4 is 30.0 Å². The molecule has 0 aliphatic carbocycles. The zero-order valence-corrected chi connectivity index (χ0v) is 23.6. The molecule has 0 amide bonds. The molecule has 208 valence electrons. The lowest BCUT2D eigenvalue weighted by molar-refractivity contribution is -0.921. The van der Waals surface area contributed by atoms with Crippen LogP contribution in [0.4, 0.5) is 40.0 Å². The fourth-order valence-electron chi connectivity index (χ4n) is 5.50.